The molecule has 1 rings (SSSR count). The van der Waals surface area contributed by atoms with E-state index in [-0.39, 0.29) is 0 Å². The molecule has 1 saturated heterocycles. The largest absolute Gasteiger partial charge is 0.426 e. The molecule has 1 heterocycles. The molecule has 1 atom stereocenters. The van der Waals surface area contributed by atoms with Crippen LogP contribution < -0.4 is 0 Å². The first-order valence-electron chi connectivity index (χ1n) is 2.77. The molecule has 0 saturated carbocycles. The SMILES string of the molecule is CC1(C)C(Cl)OC(=O)N1Cl. The normalized spacial score (nSPS) is 30.6. The van der Waals surface area contributed by atoms with Crippen LogP contribution in [0.25, 0.3) is 0 Å². The number of halogens is 2. The Morgan fingerprint density at radius 1 is 1.70 bits per heavy atom. The maximum atomic E-state index is 10.7. The van der Waals surface area contributed by atoms with Crippen molar-refractivity contribution in [2.75, 3.05) is 0 Å². The number of alkyl halides is 1. The van der Waals surface area contributed by atoms with Crippen molar-refractivity contribution in [2.24, 2.45) is 0 Å². The molecule has 1 unspecified atom stereocenters. The monoisotopic (exact) mass is 183 g/mol. The van der Waals surface area contributed by atoms with Gasteiger partial charge in [0.15, 0.2) is 0 Å². The summed E-state index contributed by atoms with van der Waals surface area (Å²) in [4.78, 5) is 10.7. The van der Waals surface area contributed by atoms with E-state index in [9.17, 15) is 4.79 Å². The molecule has 1 amide bonds. The molecule has 3 nitrogen and oxygen atoms in total. The molecule has 0 N–H and O–H groups in total. The molecule has 1 aliphatic heterocycles. The second-order valence-corrected chi connectivity index (χ2v) is 3.37. The number of hydrogen-bond acceptors (Lipinski definition) is 2. The van der Waals surface area contributed by atoms with Gasteiger partial charge in [0.1, 0.15) is 5.54 Å². The Hall–Kier alpha value is -0.150. The lowest BCUT2D eigenvalue weighted by Crippen LogP contribution is -2.38. The van der Waals surface area contributed by atoms with Crippen molar-refractivity contribution in [1.29, 1.82) is 0 Å². The average Bonchev–Trinajstić information content (AvgIpc) is 1.97. The molecular weight excluding hydrogens is 177 g/mol. The zero-order chi connectivity index (χ0) is 7.94. The minimum Gasteiger partial charge on any atom is -0.426 e. The standard InChI is InChI=1S/C5H7Cl2NO2/c1-5(2)3(6)10-4(9)8(5)7/h3H,1-2H3. The van der Waals surface area contributed by atoms with E-state index in [2.05, 4.69) is 4.74 Å². The molecule has 0 spiro atoms. The number of ether oxygens (including phenoxy) is 1. The van der Waals surface area contributed by atoms with Crippen molar-refractivity contribution in [1.82, 2.24) is 4.42 Å². The van der Waals surface area contributed by atoms with Crippen molar-refractivity contribution in [3.8, 4) is 0 Å². The van der Waals surface area contributed by atoms with Gasteiger partial charge in [-0.25, -0.2) is 9.21 Å². The number of carbonyl (C=O) groups is 1. The Morgan fingerprint density at radius 3 is 2.30 bits per heavy atom. The highest BCUT2D eigenvalue weighted by molar-refractivity contribution is 6.26. The van der Waals surface area contributed by atoms with Crippen LogP contribution in [0.15, 0.2) is 0 Å². The number of rotatable bonds is 0. The number of carbonyl (C=O) groups excluding carboxylic acids is 1. The number of amides is 1. The zero-order valence-corrected chi connectivity index (χ0v) is 7.11. The molecule has 0 aromatic rings. The second kappa shape index (κ2) is 2.17. The predicted octanol–water partition coefficient (Wildman–Crippen LogP) is 1.94. The van der Waals surface area contributed by atoms with Gasteiger partial charge in [0.25, 0.3) is 0 Å². The number of hydrogen-bond donors (Lipinski definition) is 0. The van der Waals surface area contributed by atoms with E-state index >= 15 is 0 Å². The zero-order valence-electron chi connectivity index (χ0n) is 5.60. The maximum Gasteiger partial charge on any atom is 0.426 e. The molecule has 0 radical (unpaired) electrons. The molecule has 0 aromatic carbocycles. The topological polar surface area (TPSA) is 29.5 Å². The third-order valence-electron chi connectivity index (χ3n) is 1.43. The van der Waals surface area contributed by atoms with Crippen molar-refractivity contribution in [2.45, 2.75) is 24.9 Å². The van der Waals surface area contributed by atoms with Gasteiger partial charge in [0, 0.05) is 11.8 Å². The summed E-state index contributed by atoms with van der Waals surface area (Å²) in [6.45, 7) is 3.45. The first kappa shape index (κ1) is 7.95. The van der Waals surface area contributed by atoms with Gasteiger partial charge < -0.3 is 4.74 Å². The van der Waals surface area contributed by atoms with Crippen LogP contribution in [0, 0.1) is 0 Å². The van der Waals surface area contributed by atoms with Crippen LogP contribution in [0.2, 0.25) is 0 Å². The van der Waals surface area contributed by atoms with Gasteiger partial charge in [-0.3, -0.25) is 0 Å². The predicted molar refractivity (Wildman–Crippen MR) is 37.9 cm³/mol. The average molecular weight is 184 g/mol. The lowest BCUT2D eigenvalue weighted by atomic mass is 10.1. The van der Waals surface area contributed by atoms with Crippen LogP contribution in [-0.4, -0.2) is 21.6 Å². The summed E-state index contributed by atoms with van der Waals surface area (Å²) in [6, 6.07) is 0. The third kappa shape index (κ3) is 0.935. The summed E-state index contributed by atoms with van der Waals surface area (Å²) in [5.41, 5.74) is -1.29. The van der Waals surface area contributed by atoms with Crippen LogP contribution in [0.1, 0.15) is 13.8 Å². The molecule has 0 bridgehead atoms. The van der Waals surface area contributed by atoms with E-state index < -0.39 is 17.2 Å². The molecule has 1 aliphatic rings. The molecule has 58 valence electrons. The summed E-state index contributed by atoms with van der Waals surface area (Å²) in [7, 11) is 0. The van der Waals surface area contributed by atoms with Crippen LogP contribution in [-0.2, 0) is 4.74 Å². The van der Waals surface area contributed by atoms with Crippen LogP contribution in [0.4, 0.5) is 4.79 Å². The van der Waals surface area contributed by atoms with Gasteiger partial charge in [-0.2, -0.15) is 0 Å². The molecular formula is C5H7Cl2NO2. The fourth-order valence-electron chi connectivity index (χ4n) is 0.603. The second-order valence-electron chi connectivity index (χ2n) is 2.63. The van der Waals surface area contributed by atoms with E-state index in [4.69, 9.17) is 23.4 Å². The Morgan fingerprint density at radius 2 is 2.20 bits per heavy atom. The summed E-state index contributed by atoms with van der Waals surface area (Å²) >= 11 is 11.1. The first-order chi connectivity index (χ1) is 4.46. The smallest absolute Gasteiger partial charge is 0.426 e. The summed E-state index contributed by atoms with van der Waals surface area (Å²) in [5.74, 6) is 0. The molecule has 0 aliphatic carbocycles. The van der Waals surface area contributed by atoms with Gasteiger partial charge in [-0.15, -0.1) is 0 Å². The van der Waals surface area contributed by atoms with Gasteiger partial charge in [0.05, 0.1) is 0 Å². The fraction of sp³-hybridized carbons (Fsp3) is 0.800. The highest BCUT2D eigenvalue weighted by Gasteiger charge is 2.47. The fourth-order valence-corrected chi connectivity index (χ4v) is 0.956. The van der Waals surface area contributed by atoms with Gasteiger partial charge >= 0.3 is 6.09 Å². The first-order valence-corrected chi connectivity index (χ1v) is 3.54. The Bertz CT molecular complexity index is 171. The molecule has 0 aromatic heterocycles. The van der Waals surface area contributed by atoms with Crippen LogP contribution in [0.3, 0.4) is 0 Å². The summed E-state index contributed by atoms with van der Waals surface area (Å²) < 4.78 is 5.57. The van der Waals surface area contributed by atoms with Gasteiger partial charge in [-0.1, -0.05) is 11.6 Å². The number of nitrogens with zero attached hydrogens (tertiary/aromatic N) is 1. The van der Waals surface area contributed by atoms with Gasteiger partial charge in [0.2, 0.25) is 5.56 Å². The maximum absolute atomic E-state index is 10.7. The lowest BCUT2D eigenvalue weighted by molar-refractivity contribution is 0.158. The highest BCUT2D eigenvalue weighted by atomic mass is 35.5. The Labute approximate surface area is 68.9 Å². The van der Waals surface area contributed by atoms with E-state index in [0.29, 0.717) is 0 Å². The third-order valence-corrected chi connectivity index (χ3v) is 2.62. The Kier molecular flexibility index (Phi) is 1.73. The van der Waals surface area contributed by atoms with E-state index in [1.54, 1.807) is 13.8 Å². The van der Waals surface area contributed by atoms with Crippen molar-refractivity contribution in [3.63, 3.8) is 0 Å². The quantitative estimate of drug-likeness (QED) is 0.425. The van der Waals surface area contributed by atoms with E-state index in [1.807, 2.05) is 0 Å². The minimum absolute atomic E-state index is 0.591. The Balaban J connectivity index is 2.85. The van der Waals surface area contributed by atoms with Crippen molar-refractivity contribution in [3.05, 3.63) is 0 Å². The molecule has 10 heavy (non-hydrogen) atoms. The van der Waals surface area contributed by atoms with Crippen LogP contribution in [0.5, 0.6) is 0 Å². The highest BCUT2D eigenvalue weighted by Crippen LogP contribution is 2.33. The molecule has 5 heteroatoms. The summed E-state index contributed by atoms with van der Waals surface area (Å²) in [6.07, 6.45) is -0.591. The van der Waals surface area contributed by atoms with Crippen LogP contribution >= 0.6 is 23.4 Å². The minimum atomic E-state index is -0.669. The van der Waals surface area contributed by atoms with E-state index in [0.717, 1.165) is 4.42 Å². The summed E-state index contributed by atoms with van der Waals surface area (Å²) in [5, 5.41) is 0. The van der Waals surface area contributed by atoms with Crippen molar-refractivity contribution < 1.29 is 9.53 Å². The van der Waals surface area contributed by atoms with Gasteiger partial charge in [-0.05, 0) is 13.8 Å². The lowest BCUT2D eigenvalue weighted by Gasteiger charge is -2.22. The number of cyclic esters (lactones) is 1. The van der Waals surface area contributed by atoms with E-state index in [1.165, 1.54) is 0 Å². The molecule has 1 fully saturated rings. The van der Waals surface area contributed by atoms with Crippen molar-refractivity contribution >= 4 is 29.5 Å².